The fourth-order valence-electron chi connectivity index (χ4n) is 3.84. The highest BCUT2D eigenvalue weighted by molar-refractivity contribution is 7.92. The van der Waals surface area contributed by atoms with Crippen molar-refractivity contribution >= 4 is 27.5 Å². The molecule has 0 saturated carbocycles. The zero-order valence-corrected chi connectivity index (χ0v) is 23.3. The van der Waals surface area contributed by atoms with E-state index in [2.05, 4.69) is 5.32 Å². The predicted molar refractivity (Wildman–Crippen MR) is 148 cm³/mol. The third-order valence-corrected chi connectivity index (χ3v) is 7.91. The molecule has 1 atom stereocenters. The zero-order chi connectivity index (χ0) is 28.6. The van der Waals surface area contributed by atoms with E-state index < -0.39 is 40.2 Å². The molecular weight excluding hydrogens is 521 g/mol. The Balaban J connectivity index is 2.01. The van der Waals surface area contributed by atoms with Gasteiger partial charge in [-0.2, -0.15) is 0 Å². The third-order valence-electron chi connectivity index (χ3n) is 6.12. The molecule has 2 amide bonds. The second-order valence-electron chi connectivity index (χ2n) is 9.45. The summed E-state index contributed by atoms with van der Waals surface area (Å²) in [4.78, 5) is 28.0. The molecule has 3 rings (SSSR count). The van der Waals surface area contributed by atoms with Gasteiger partial charge in [0.25, 0.3) is 10.0 Å². The molecule has 0 spiro atoms. The van der Waals surface area contributed by atoms with Crippen molar-refractivity contribution in [2.45, 2.75) is 38.3 Å². The monoisotopic (exact) mass is 555 g/mol. The molecular formula is C29H34FN3O5S. The molecule has 0 heterocycles. The van der Waals surface area contributed by atoms with Crippen LogP contribution in [-0.2, 0) is 26.2 Å². The van der Waals surface area contributed by atoms with Gasteiger partial charge in [0.1, 0.15) is 24.2 Å². The number of anilines is 1. The average molecular weight is 556 g/mol. The lowest BCUT2D eigenvalue weighted by molar-refractivity contribution is -0.139. The minimum Gasteiger partial charge on any atom is -0.497 e. The van der Waals surface area contributed by atoms with Gasteiger partial charge in [0.15, 0.2) is 0 Å². The highest BCUT2D eigenvalue weighted by atomic mass is 32.2. The Morgan fingerprint density at radius 1 is 0.923 bits per heavy atom. The minimum absolute atomic E-state index is 0.00278. The molecule has 0 aliphatic carbocycles. The lowest BCUT2D eigenvalue weighted by Gasteiger charge is -2.32. The van der Waals surface area contributed by atoms with E-state index >= 15 is 0 Å². The Morgan fingerprint density at radius 3 is 2.13 bits per heavy atom. The molecule has 1 N–H and O–H groups in total. The van der Waals surface area contributed by atoms with E-state index in [9.17, 15) is 22.4 Å². The Bertz CT molecular complexity index is 1370. The largest absolute Gasteiger partial charge is 0.497 e. The quantitative estimate of drug-likeness (QED) is 0.361. The highest BCUT2D eigenvalue weighted by Crippen LogP contribution is 2.26. The number of ether oxygens (including phenoxy) is 1. The van der Waals surface area contributed by atoms with Gasteiger partial charge in [-0.1, -0.05) is 50.2 Å². The number of carbonyl (C=O) groups is 2. The zero-order valence-electron chi connectivity index (χ0n) is 22.5. The second kappa shape index (κ2) is 13.2. The van der Waals surface area contributed by atoms with E-state index in [-0.39, 0.29) is 28.6 Å². The van der Waals surface area contributed by atoms with Crippen molar-refractivity contribution < 1.29 is 27.1 Å². The summed E-state index contributed by atoms with van der Waals surface area (Å²) in [5.74, 6) is -0.928. The summed E-state index contributed by atoms with van der Waals surface area (Å²) in [6.45, 7) is 4.98. The van der Waals surface area contributed by atoms with Crippen molar-refractivity contribution in [2.24, 2.45) is 5.92 Å². The summed E-state index contributed by atoms with van der Waals surface area (Å²) >= 11 is 0. The number of hydrogen-bond acceptors (Lipinski definition) is 5. The van der Waals surface area contributed by atoms with E-state index in [0.717, 1.165) is 4.31 Å². The fourth-order valence-corrected chi connectivity index (χ4v) is 5.28. The number of methoxy groups -OCH3 is 1. The summed E-state index contributed by atoms with van der Waals surface area (Å²) < 4.78 is 48.2. The summed E-state index contributed by atoms with van der Waals surface area (Å²) in [5, 5.41) is 2.80. The van der Waals surface area contributed by atoms with Gasteiger partial charge in [-0.25, -0.2) is 12.8 Å². The Labute approximate surface area is 229 Å². The maximum absolute atomic E-state index is 14.6. The number of halogens is 1. The normalized spacial score (nSPS) is 12.1. The SMILES string of the molecule is COc1ccc(N(CC(=O)N(Cc2ccccc2F)[C@@H](C)C(=O)NCC(C)C)S(=O)(=O)c2ccccc2)cc1. The van der Waals surface area contributed by atoms with Gasteiger partial charge in [-0.15, -0.1) is 0 Å². The lowest BCUT2D eigenvalue weighted by Crippen LogP contribution is -2.51. The number of nitrogens with zero attached hydrogens (tertiary/aromatic N) is 2. The van der Waals surface area contributed by atoms with E-state index in [1.807, 2.05) is 13.8 Å². The first-order chi connectivity index (χ1) is 18.5. The van der Waals surface area contributed by atoms with Crippen LogP contribution in [0, 0.1) is 11.7 Å². The first kappa shape index (κ1) is 29.6. The van der Waals surface area contributed by atoms with Crippen LogP contribution in [0.25, 0.3) is 0 Å². The molecule has 10 heteroatoms. The number of rotatable bonds is 12. The van der Waals surface area contributed by atoms with Crippen LogP contribution >= 0.6 is 0 Å². The molecule has 0 aliphatic heterocycles. The van der Waals surface area contributed by atoms with Gasteiger partial charge >= 0.3 is 0 Å². The summed E-state index contributed by atoms with van der Waals surface area (Å²) in [6.07, 6.45) is 0. The van der Waals surface area contributed by atoms with Gasteiger partial charge in [0.05, 0.1) is 17.7 Å². The maximum atomic E-state index is 14.6. The van der Waals surface area contributed by atoms with Crippen molar-refractivity contribution in [1.29, 1.82) is 0 Å². The third kappa shape index (κ3) is 7.57. The molecule has 3 aromatic carbocycles. The lowest BCUT2D eigenvalue weighted by atomic mass is 10.1. The van der Waals surface area contributed by atoms with E-state index in [1.165, 1.54) is 61.4 Å². The highest BCUT2D eigenvalue weighted by Gasteiger charge is 2.32. The standard InChI is InChI=1S/C29H34FN3O5S/c1-21(2)18-31-29(35)22(3)32(19-23-10-8-9-13-27(23)30)28(34)20-33(24-14-16-25(38-4)17-15-24)39(36,37)26-11-6-5-7-12-26/h5-17,21-22H,18-20H2,1-4H3,(H,31,35)/t22-/m0/s1. The molecule has 39 heavy (non-hydrogen) atoms. The van der Waals surface area contributed by atoms with E-state index in [1.54, 1.807) is 36.4 Å². The fraction of sp³-hybridized carbons (Fsp3) is 0.310. The molecule has 0 aliphatic rings. The maximum Gasteiger partial charge on any atom is 0.264 e. The Hall–Kier alpha value is -3.92. The molecule has 0 fully saturated rings. The van der Waals surface area contributed by atoms with Crippen LogP contribution in [0.2, 0.25) is 0 Å². The molecule has 8 nitrogen and oxygen atoms in total. The van der Waals surface area contributed by atoms with Crippen molar-refractivity contribution in [3.05, 3.63) is 90.2 Å². The van der Waals surface area contributed by atoms with E-state index in [0.29, 0.717) is 12.3 Å². The molecule has 0 radical (unpaired) electrons. The molecule has 0 bridgehead atoms. The number of nitrogens with one attached hydrogen (secondary N) is 1. The van der Waals surface area contributed by atoms with Crippen LogP contribution in [0.1, 0.15) is 26.3 Å². The molecule has 0 aromatic heterocycles. The van der Waals surface area contributed by atoms with E-state index in [4.69, 9.17) is 4.74 Å². The molecule has 0 saturated heterocycles. The predicted octanol–water partition coefficient (Wildman–Crippen LogP) is 4.22. The number of carbonyl (C=O) groups excluding carboxylic acids is 2. The number of hydrogen-bond donors (Lipinski definition) is 1. The molecule has 208 valence electrons. The van der Waals surface area contributed by atoms with Gasteiger partial charge in [0, 0.05) is 18.7 Å². The Morgan fingerprint density at radius 2 is 1.54 bits per heavy atom. The van der Waals surface area contributed by atoms with Crippen molar-refractivity contribution in [2.75, 3.05) is 24.5 Å². The van der Waals surface area contributed by atoms with Gasteiger partial charge in [-0.05, 0) is 55.3 Å². The Kier molecular flexibility index (Phi) is 10.1. The summed E-state index contributed by atoms with van der Waals surface area (Å²) in [7, 11) is -2.69. The number of benzene rings is 3. The van der Waals surface area contributed by atoms with Crippen LogP contribution in [0.3, 0.4) is 0 Å². The number of sulfonamides is 1. The van der Waals surface area contributed by atoms with Crippen LogP contribution in [0.5, 0.6) is 5.75 Å². The first-order valence-corrected chi connectivity index (χ1v) is 14.0. The van der Waals surface area contributed by atoms with Gasteiger partial charge in [-0.3, -0.25) is 13.9 Å². The smallest absolute Gasteiger partial charge is 0.264 e. The first-order valence-electron chi connectivity index (χ1n) is 12.6. The summed E-state index contributed by atoms with van der Waals surface area (Å²) in [5.41, 5.74) is 0.437. The van der Waals surface area contributed by atoms with Crippen LogP contribution < -0.4 is 14.4 Å². The molecule has 3 aromatic rings. The molecule has 0 unspecified atom stereocenters. The van der Waals surface area contributed by atoms with Crippen molar-refractivity contribution in [3.8, 4) is 5.75 Å². The van der Waals surface area contributed by atoms with Gasteiger partial charge < -0.3 is 15.0 Å². The average Bonchev–Trinajstić information content (AvgIpc) is 2.94. The van der Waals surface area contributed by atoms with Crippen LogP contribution in [0.4, 0.5) is 10.1 Å². The topological polar surface area (TPSA) is 96.0 Å². The van der Waals surface area contributed by atoms with Crippen LogP contribution in [-0.4, -0.2) is 51.4 Å². The van der Waals surface area contributed by atoms with Crippen molar-refractivity contribution in [3.63, 3.8) is 0 Å². The van der Waals surface area contributed by atoms with Gasteiger partial charge in [0.2, 0.25) is 11.8 Å². The summed E-state index contributed by atoms with van der Waals surface area (Å²) in [6, 6.07) is 19.0. The number of amides is 2. The van der Waals surface area contributed by atoms with Crippen molar-refractivity contribution in [1.82, 2.24) is 10.2 Å². The second-order valence-corrected chi connectivity index (χ2v) is 11.3. The minimum atomic E-state index is -4.18. The van der Waals surface area contributed by atoms with Crippen LogP contribution in [0.15, 0.2) is 83.8 Å².